The van der Waals surface area contributed by atoms with E-state index in [4.69, 9.17) is 9.15 Å². The number of rotatable bonds is 3. The van der Waals surface area contributed by atoms with Gasteiger partial charge < -0.3 is 24.7 Å². The lowest BCUT2D eigenvalue weighted by Crippen LogP contribution is -2.52. The van der Waals surface area contributed by atoms with E-state index in [1.807, 2.05) is 4.90 Å². The maximum atomic E-state index is 13.2. The van der Waals surface area contributed by atoms with Crippen molar-refractivity contribution >= 4 is 23.1 Å². The highest BCUT2D eigenvalue weighted by molar-refractivity contribution is 5.75. The third-order valence-electron chi connectivity index (χ3n) is 3.54. The number of nitrogens with one attached hydrogen (secondary N) is 2. The van der Waals surface area contributed by atoms with Gasteiger partial charge in [0.25, 0.3) is 6.01 Å². The molecule has 0 aliphatic carbocycles. The van der Waals surface area contributed by atoms with Gasteiger partial charge in [-0.25, -0.2) is 9.18 Å². The van der Waals surface area contributed by atoms with Crippen LogP contribution in [0.4, 0.5) is 15.2 Å². The van der Waals surface area contributed by atoms with Crippen LogP contribution >= 0.6 is 0 Å². The van der Waals surface area contributed by atoms with Gasteiger partial charge in [0.1, 0.15) is 11.3 Å². The number of nitrogens with zero attached hydrogens (tertiary/aromatic N) is 2. The quantitative estimate of drug-likeness (QED) is 0.887. The number of carbonyl (C=O) groups excluding carboxylic acids is 1. The molecule has 1 aromatic heterocycles. The molecule has 0 saturated carbocycles. The van der Waals surface area contributed by atoms with Gasteiger partial charge in [-0.05, 0) is 12.1 Å². The molecule has 1 unspecified atom stereocenters. The standard InChI is InChI=1S/C14H17FN4O3/c1-16-13(20)17-7-10-8-21-5-4-19(10)14-18-11-3-2-9(15)6-12(11)22-14/h2-3,6,10H,4-5,7-8H2,1H3,(H2,16,17,20). The predicted octanol–water partition coefficient (Wildman–Crippen LogP) is 1.10. The van der Waals surface area contributed by atoms with E-state index in [0.29, 0.717) is 43.4 Å². The molecule has 118 valence electrons. The number of urea groups is 1. The molecule has 22 heavy (non-hydrogen) atoms. The molecule has 1 saturated heterocycles. The molecule has 7 nitrogen and oxygen atoms in total. The zero-order valence-electron chi connectivity index (χ0n) is 12.1. The third-order valence-corrected chi connectivity index (χ3v) is 3.54. The minimum Gasteiger partial charge on any atom is -0.423 e. The summed E-state index contributed by atoms with van der Waals surface area (Å²) < 4.78 is 24.3. The van der Waals surface area contributed by atoms with Crippen molar-refractivity contribution in [2.75, 3.05) is 38.3 Å². The normalized spacial score (nSPS) is 18.5. The van der Waals surface area contributed by atoms with E-state index in [9.17, 15) is 9.18 Å². The number of oxazole rings is 1. The van der Waals surface area contributed by atoms with Crippen LogP contribution in [0, 0.1) is 5.82 Å². The molecule has 1 aliphatic rings. The molecule has 2 heterocycles. The SMILES string of the molecule is CNC(=O)NCC1COCCN1c1nc2ccc(F)cc2o1. The second-order valence-electron chi connectivity index (χ2n) is 4.99. The van der Waals surface area contributed by atoms with Crippen molar-refractivity contribution in [2.24, 2.45) is 0 Å². The first-order valence-corrected chi connectivity index (χ1v) is 7.03. The van der Waals surface area contributed by atoms with Gasteiger partial charge in [0.15, 0.2) is 5.58 Å². The zero-order chi connectivity index (χ0) is 15.5. The summed E-state index contributed by atoms with van der Waals surface area (Å²) in [5.41, 5.74) is 1.00. The van der Waals surface area contributed by atoms with Crippen molar-refractivity contribution in [3.8, 4) is 0 Å². The van der Waals surface area contributed by atoms with Crippen LogP contribution in [0.25, 0.3) is 11.1 Å². The Morgan fingerprint density at radius 1 is 1.55 bits per heavy atom. The van der Waals surface area contributed by atoms with E-state index < -0.39 is 0 Å². The van der Waals surface area contributed by atoms with Gasteiger partial charge in [0, 0.05) is 26.2 Å². The average molecular weight is 308 g/mol. The summed E-state index contributed by atoms with van der Waals surface area (Å²) in [5, 5.41) is 5.24. The van der Waals surface area contributed by atoms with Crippen LogP contribution in [-0.2, 0) is 4.74 Å². The van der Waals surface area contributed by atoms with E-state index in [-0.39, 0.29) is 17.9 Å². The first-order valence-electron chi connectivity index (χ1n) is 7.03. The molecule has 2 amide bonds. The van der Waals surface area contributed by atoms with Crippen molar-refractivity contribution in [3.05, 3.63) is 24.0 Å². The second-order valence-corrected chi connectivity index (χ2v) is 4.99. The highest BCUT2D eigenvalue weighted by Gasteiger charge is 2.27. The van der Waals surface area contributed by atoms with Gasteiger partial charge >= 0.3 is 6.03 Å². The lowest BCUT2D eigenvalue weighted by Gasteiger charge is -2.34. The fraction of sp³-hybridized carbons (Fsp3) is 0.429. The van der Waals surface area contributed by atoms with Crippen LogP contribution in [0.1, 0.15) is 0 Å². The van der Waals surface area contributed by atoms with E-state index in [2.05, 4.69) is 15.6 Å². The van der Waals surface area contributed by atoms with E-state index in [1.54, 1.807) is 13.1 Å². The van der Waals surface area contributed by atoms with Gasteiger partial charge in [-0.2, -0.15) is 4.98 Å². The molecular weight excluding hydrogens is 291 g/mol. The number of morpholine rings is 1. The Morgan fingerprint density at radius 2 is 2.41 bits per heavy atom. The first kappa shape index (κ1) is 14.6. The second kappa shape index (κ2) is 6.18. The number of hydrogen-bond donors (Lipinski definition) is 2. The molecule has 0 bridgehead atoms. The van der Waals surface area contributed by atoms with Gasteiger partial charge in [-0.1, -0.05) is 0 Å². The lowest BCUT2D eigenvalue weighted by atomic mass is 10.2. The van der Waals surface area contributed by atoms with Crippen molar-refractivity contribution in [3.63, 3.8) is 0 Å². The Bertz CT molecular complexity index is 675. The molecule has 1 aliphatic heterocycles. The highest BCUT2D eigenvalue weighted by Crippen LogP contribution is 2.25. The minimum atomic E-state index is -0.366. The predicted molar refractivity (Wildman–Crippen MR) is 78.4 cm³/mol. The highest BCUT2D eigenvalue weighted by atomic mass is 19.1. The summed E-state index contributed by atoms with van der Waals surface area (Å²) in [6.45, 7) is 1.99. The molecule has 3 rings (SSSR count). The summed E-state index contributed by atoms with van der Waals surface area (Å²) in [6.07, 6.45) is 0. The van der Waals surface area contributed by atoms with E-state index in [0.717, 1.165) is 0 Å². The number of benzene rings is 1. The summed E-state index contributed by atoms with van der Waals surface area (Å²) in [5.74, 6) is -0.366. The number of hydrogen-bond acceptors (Lipinski definition) is 5. The maximum absolute atomic E-state index is 13.2. The molecule has 8 heteroatoms. The molecule has 0 spiro atoms. The van der Waals surface area contributed by atoms with Crippen LogP contribution < -0.4 is 15.5 Å². The summed E-state index contributed by atoms with van der Waals surface area (Å²) in [4.78, 5) is 17.6. The van der Waals surface area contributed by atoms with Crippen LogP contribution in [0.2, 0.25) is 0 Å². The topological polar surface area (TPSA) is 79.6 Å². The van der Waals surface area contributed by atoms with Gasteiger partial charge in [-0.3, -0.25) is 0 Å². The monoisotopic (exact) mass is 308 g/mol. The van der Waals surface area contributed by atoms with Gasteiger partial charge in [0.2, 0.25) is 0 Å². The Balaban J connectivity index is 1.80. The van der Waals surface area contributed by atoms with Crippen molar-refractivity contribution in [1.29, 1.82) is 0 Å². The Kier molecular flexibility index (Phi) is 4.10. The first-order chi connectivity index (χ1) is 10.7. The fourth-order valence-corrected chi connectivity index (χ4v) is 2.38. The minimum absolute atomic E-state index is 0.0936. The number of carbonyl (C=O) groups is 1. The number of amides is 2. The van der Waals surface area contributed by atoms with Gasteiger partial charge in [0.05, 0.1) is 19.3 Å². The van der Waals surface area contributed by atoms with Crippen LogP contribution in [0.5, 0.6) is 0 Å². The molecule has 2 aromatic rings. The van der Waals surface area contributed by atoms with Crippen LogP contribution in [-0.4, -0.2) is 50.4 Å². The average Bonchev–Trinajstić information content (AvgIpc) is 2.95. The number of halogens is 1. The van der Waals surface area contributed by atoms with E-state index >= 15 is 0 Å². The summed E-state index contributed by atoms with van der Waals surface area (Å²) in [7, 11) is 1.56. The Morgan fingerprint density at radius 3 is 3.23 bits per heavy atom. The van der Waals surface area contributed by atoms with Crippen LogP contribution in [0.3, 0.4) is 0 Å². The molecule has 2 N–H and O–H groups in total. The fourth-order valence-electron chi connectivity index (χ4n) is 2.38. The van der Waals surface area contributed by atoms with Crippen molar-refractivity contribution < 1.29 is 18.3 Å². The molecular formula is C14H17FN4O3. The molecule has 1 aromatic carbocycles. The smallest absolute Gasteiger partial charge is 0.314 e. The Hall–Kier alpha value is -2.35. The van der Waals surface area contributed by atoms with Crippen molar-refractivity contribution in [1.82, 2.24) is 15.6 Å². The number of aromatic nitrogens is 1. The van der Waals surface area contributed by atoms with Crippen LogP contribution in [0.15, 0.2) is 22.6 Å². The maximum Gasteiger partial charge on any atom is 0.314 e. The number of anilines is 1. The lowest BCUT2D eigenvalue weighted by molar-refractivity contribution is 0.0917. The zero-order valence-corrected chi connectivity index (χ0v) is 12.1. The number of fused-ring (bicyclic) bond motifs is 1. The molecule has 1 atom stereocenters. The van der Waals surface area contributed by atoms with Gasteiger partial charge in [-0.15, -0.1) is 0 Å². The summed E-state index contributed by atoms with van der Waals surface area (Å²) in [6, 6.07) is 4.29. The van der Waals surface area contributed by atoms with Crippen molar-refractivity contribution in [2.45, 2.75) is 6.04 Å². The number of ether oxygens (including phenoxy) is 1. The van der Waals surface area contributed by atoms with E-state index in [1.165, 1.54) is 12.1 Å². The molecule has 0 radical (unpaired) electrons. The third kappa shape index (κ3) is 2.96. The molecule has 1 fully saturated rings. The Labute approximate surface area is 126 Å². The largest absolute Gasteiger partial charge is 0.423 e. The summed E-state index contributed by atoms with van der Waals surface area (Å²) >= 11 is 0.